The summed E-state index contributed by atoms with van der Waals surface area (Å²) in [7, 11) is 0. The fourth-order valence-corrected chi connectivity index (χ4v) is 4.03. The molecule has 0 radical (unpaired) electrons. The average Bonchev–Trinajstić information content (AvgIpc) is 2.82. The molecule has 190 valence electrons. The molecule has 2 rings (SSSR count). The number of ether oxygens (including phenoxy) is 2. The van der Waals surface area contributed by atoms with Gasteiger partial charge in [-0.05, 0) is 73.1 Å². The lowest BCUT2D eigenvalue weighted by Crippen LogP contribution is -2.19. The second-order valence-corrected chi connectivity index (χ2v) is 9.94. The molecule has 0 bridgehead atoms. The number of halogens is 3. The van der Waals surface area contributed by atoms with Gasteiger partial charge >= 0.3 is 0 Å². The van der Waals surface area contributed by atoms with Gasteiger partial charge in [0.2, 0.25) is 5.82 Å². The van der Waals surface area contributed by atoms with Gasteiger partial charge in [0, 0.05) is 18.6 Å². The first-order valence-corrected chi connectivity index (χ1v) is 12.6. The number of hydrogen-bond acceptors (Lipinski definition) is 2. The third kappa shape index (κ3) is 6.78. The zero-order valence-corrected chi connectivity index (χ0v) is 21.7. The smallest absolute Gasteiger partial charge is 0.201 e. The molecule has 0 aromatic heterocycles. The normalized spacial score (nSPS) is 18.6. The van der Waals surface area contributed by atoms with Crippen LogP contribution < -0.4 is 4.74 Å². The molecule has 4 atom stereocenters. The van der Waals surface area contributed by atoms with E-state index in [9.17, 15) is 8.78 Å². The predicted octanol–water partition coefficient (Wildman–Crippen LogP) is 8.65. The number of allylic oxidation sites excluding steroid dienone is 3. The van der Waals surface area contributed by atoms with Crippen molar-refractivity contribution in [2.45, 2.75) is 86.2 Å². The van der Waals surface area contributed by atoms with Gasteiger partial charge in [-0.25, -0.2) is 8.78 Å². The monoisotopic (exact) mass is 478 g/mol. The van der Waals surface area contributed by atoms with E-state index in [1.165, 1.54) is 0 Å². The van der Waals surface area contributed by atoms with E-state index in [0.29, 0.717) is 53.6 Å². The number of aryl methyl sites for hydroxylation is 1. The minimum absolute atomic E-state index is 0.135. The van der Waals surface area contributed by atoms with E-state index in [1.54, 1.807) is 6.07 Å². The lowest BCUT2D eigenvalue weighted by molar-refractivity contribution is 0.0285. The number of hydrogen-bond donors (Lipinski definition) is 0. The van der Waals surface area contributed by atoms with Crippen LogP contribution in [0.3, 0.4) is 0 Å². The molecule has 0 spiro atoms. The molecule has 1 aromatic carbocycles. The van der Waals surface area contributed by atoms with Crippen molar-refractivity contribution in [2.24, 2.45) is 17.8 Å². The SMILES string of the molecule is C=C1Cc2cc(CCC)c(F)c(F)c2O/C1=C(\F)C(=C)C(C)CCC(C)C(C)COC(C)CC. The fraction of sp³-hybridized carbons (Fsp3) is 0.586. The summed E-state index contributed by atoms with van der Waals surface area (Å²) in [6.45, 7) is 20.9. The summed E-state index contributed by atoms with van der Waals surface area (Å²) in [5, 5.41) is 0. The standard InChI is InChI=1S/C29H41F3O2/c1-9-11-23-15-24-14-19(5)28(34-29(24)27(32)26(23)31)25(30)22(8)18(4)13-12-17(3)20(6)16-33-21(7)10-2/h15,17-18,20-21H,5,8-14,16H2,1-4,6-7H3/b28-25-. The van der Waals surface area contributed by atoms with Crippen LogP contribution in [0.5, 0.6) is 5.75 Å². The number of fused-ring (bicyclic) bond motifs is 1. The largest absolute Gasteiger partial charge is 0.450 e. The first-order chi connectivity index (χ1) is 16.0. The summed E-state index contributed by atoms with van der Waals surface area (Å²) in [6.07, 6.45) is 4.21. The van der Waals surface area contributed by atoms with E-state index in [2.05, 4.69) is 40.9 Å². The van der Waals surface area contributed by atoms with Crippen LogP contribution in [0.1, 0.15) is 78.4 Å². The average molecular weight is 479 g/mol. The van der Waals surface area contributed by atoms with Crippen molar-refractivity contribution in [2.75, 3.05) is 6.61 Å². The summed E-state index contributed by atoms with van der Waals surface area (Å²) in [5.74, 6) is -2.36. The zero-order chi connectivity index (χ0) is 25.6. The van der Waals surface area contributed by atoms with Gasteiger partial charge in [-0.1, -0.05) is 54.2 Å². The van der Waals surface area contributed by atoms with Gasteiger partial charge in [-0.3, -0.25) is 0 Å². The van der Waals surface area contributed by atoms with Gasteiger partial charge in [0.25, 0.3) is 0 Å². The van der Waals surface area contributed by atoms with Crippen molar-refractivity contribution in [3.05, 3.63) is 64.7 Å². The molecule has 1 heterocycles. The molecule has 4 unspecified atom stereocenters. The van der Waals surface area contributed by atoms with Crippen LogP contribution in [-0.2, 0) is 17.6 Å². The Bertz CT molecular complexity index is 918. The number of benzene rings is 1. The molecule has 1 aromatic rings. The second-order valence-electron chi connectivity index (χ2n) is 9.94. The molecule has 1 aliphatic rings. The van der Waals surface area contributed by atoms with E-state index >= 15 is 4.39 Å². The minimum Gasteiger partial charge on any atom is -0.450 e. The molecule has 2 nitrogen and oxygen atoms in total. The Labute approximate surface area is 203 Å². The molecule has 0 N–H and O–H groups in total. The van der Waals surface area contributed by atoms with E-state index in [1.807, 2.05) is 13.8 Å². The Kier molecular flexibility index (Phi) is 10.5. The summed E-state index contributed by atoms with van der Waals surface area (Å²) in [4.78, 5) is 0. The topological polar surface area (TPSA) is 18.5 Å². The highest BCUT2D eigenvalue weighted by atomic mass is 19.2. The molecule has 34 heavy (non-hydrogen) atoms. The van der Waals surface area contributed by atoms with Crippen LogP contribution >= 0.6 is 0 Å². The van der Waals surface area contributed by atoms with Crippen molar-refractivity contribution in [3.63, 3.8) is 0 Å². The lowest BCUT2D eigenvalue weighted by atomic mass is 9.86. The van der Waals surface area contributed by atoms with Gasteiger partial charge in [0.15, 0.2) is 23.2 Å². The maximum absolute atomic E-state index is 15.4. The van der Waals surface area contributed by atoms with Crippen molar-refractivity contribution >= 4 is 0 Å². The fourth-order valence-electron chi connectivity index (χ4n) is 4.03. The molecular formula is C29H41F3O2. The Morgan fingerprint density at radius 1 is 1.09 bits per heavy atom. The van der Waals surface area contributed by atoms with E-state index in [-0.39, 0.29) is 30.0 Å². The summed E-state index contributed by atoms with van der Waals surface area (Å²) < 4.78 is 56.0. The first kappa shape index (κ1) is 28.2. The van der Waals surface area contributed by atoms with Crippen molar-refractivity contribution in [3.8, 4) is 5.75 Å². The third-order valence-electron chi connectivity index (χ3n) is 7.08. The van der Waals surface area contributed by atoms with Crippen LogP contribution in [-0.4, -0.2) is 12.7 Å². The van der Waals surface area contributed by atoms with Crippen LogP contribution in [0.15, 0.2) is 42.0 Å². The van der Waals surface area contributed by atoms with Gasteiger partial charge in [-0.15, -0.1) is 0 Å². The Morgan fingerprint density at radius 3 is 2.38 bits per heavy atom. The van der Waals surface area contributed by atoms with E-state index < -0.39 is 17.5 Å². The third-order valence-corrected chi connectivity index (χ3v) is 7.08. The Morgan fingerprint density at radius 2 is 1.76 bits per heavy atom. The van der Waals surface area contributed by atoms with Crippen LogP contribution in [0.4, 0.5) is 13.2 Å². The van der Waals surface area contributed by atoms with Gasteiger partial charge in [-0.2, -0.15) is 4.39 Å². The summed E-state index contributed by atoms with van der Waals surface area (Å²) in [6, 6.07) is 1.60. The van der Waals surface area contributed by atoms with Crippen molar-refractivity contribution in [1.29, 1.82) is 0 Å². The molecular weight excluding hydrogens is 437 g/mol. The molecule has 0 aliphatic carbocycles. The van der Waals surface area contributed by atoms with Gasteiger partial charge in [0.05, 0.1) is 6.10 Å². The highest BCUT2D eigenvalue weighted by Gasteiger charge is 2.29. The van der Waals surface area contributed by atoms with Crippen molar-refractivity contribution < 1.29 is 22.6 Å². The van der Waals surface area contributed by atoms with Crippen LogP contribution in [0.2, 0.25) is 0 Å². The minimum atomic E-state index is -1.07. The molecule has 0 fully saturated rings. The number of rotatable bonds is 12. The van der Waals surface area contributed by atoms with E-state index in [4.69, 9.17) is 9.47 Å². The van der Waals surface area contributed by atoms with Crippen LogP contribution in [0.25, 0.3) is 0 Å². The van der Waals surface area contributed by atoms with Crippen LogP contribution in [0, 0.1) is 29.4 Å². The molecule has 5 heteroatoms. The highest BCUT2D eigenvalue weighted by Crippen LogP contribution is 2.40. The summed E-state index contributed by atoms with van der Waals surface area (Å²) >= 11 is 0. The van der Waals surface area contributed by atoms with E-state index in [0.717, 1.165) is 19.3 Å². The quantitative estimate of drug-likeness (QED) is 0.299. The Hall–Kier alpha value is -2.01. The zero-order valence-electron chi connectivity index (χ0n) is 21.7. The van der Waals surface area contributed by atoms with Crippen molar-refractivity contribution in [1.82, 2.24) is 0 Å². The predicted molar refractivity (Wildman–Crippen MR) is 134 cm³/mol. The van der Waals surface area contributed by atoms with Gasteiger partial charge in [0.1, 0.15) is 0 Å². The van der Waals surface area contributed by atoms with Gasteiger partial charge < -0.3 is 9.47 Å². The first-order valence-electron chi connectivity index (χ1n) is 12.6. The maximum atomic E-state index is 15.4. The Balaban J connectivity index is 2.09. The molecule has 0 amide bonds. The highest BCUT2D eigenvalue weighted by molar-refractivity contribution is 5.51. The molecule has 1 aliphatic heterocycles. The summed E-state index contributed by atoms with van der Waals surface area (Å²) in [5.41, 5.74) is 1.48. The molecule has 0 saturated heterocycles. The maximum Gasteiger partial charge on any atom is 0.201 e. The lowest BCUT2D eigenvalue weighted by Gasteiger charge is -2.26. The second kappa shape index (κ2) is 12.6. The molecule has 0 saturated carbocycles.